The number of hydrogen-bond donors (Lipinski definition) is 0. The Morgan fingerprint density at radius 2 is 0.917 bits per heavy atom. The van der Waals surface area contributed by atoms with Gasteiger partial charge in [-0.2, -0.15) is 0 Å². The molecule has 0 aliphatic heterocycles. The van der Waals surface area contributed by atoms with Gasteiger partial charge >= 0.3 is 0 Å². The molecule has 4 nitrogen and oxygen atoms in total. The summed E-state index contributed by atoms with van der Waals surface area (Å²) in [5.74, 6) is 0. The lowest BCUT2D eigenvalue weighted by Crippen LogP contribution is -2.10. The van der Waals surface area contributed by atoms with Crippen LogP contribution in [0.4, 0.5) is 17.1 Å². The SMILES string of the molecule is c1ccc2cc(-c3ccc4c(ccc5cc(N(c6ccc(-c7cnc8ccccc8c7)cc6)c6ccc(-c7ccc8c(n7)oc7ccccc78)cc6)ccc54)c3)ccc2c1. The van der Waals surface area contributed by atoms with E-state index in [0.717, 1.165) is 66.7 Å². The van der Waals surface area contributed by atoms with Crippen molar-refractivity contribution in [3.8, 4) is 33.5 Å². The molecule has 0 unspecified atom stereocenters. The average Bonchev–Trinajstić information content (AvgIpc) is 3.69. The summed E-state index contributed by atoms with van der Waals surface area (Å²) in [6.45, 7) is 0. The zero-order valence-corrected chi connectivity index (χ0v) is 32.5. The van der Waals surface area contributed by atoms with Gasteiger partial charge in [-0.3, -0.25) is 4.98 Å². The lowest BCUT2D eigenvalue weighted by atomic mass is 9.96. The fourth-order valence-electron chi connectivity index (χ4n) is 8.77. The second kappa shape index (κ2) is 13.8. The van der Waals surface area contributed by atoms with Crippen molar-refractivity contribution in [1.29, 1.82) is 0 Å². The summed E-state index contributed by atoms with van der Waals surface area (Å²) in [5, 5.41) is 10.6. The van der Waals surface area contributed by atoms with Gasteiger partial charge < -0.3 is 9.32 Å². The van der Waals surface area contributed by atoms with Crippen molar-refractivity contribution in [2.45, 2.75) is 0 Å². The third-order valence-corrected chi connectivity index (χ3v) is 11.9. The first-order valence-electron chi connectivity index (χ1n) is 20.3. The standard InChI is InChI=1S/C56H35N3O/c1-2-8-39-31-40(14-13-36(39)7-1)41-21-27-49-42(32-41)15-16-43-34-48(26-28-50(43)49)59(46-22-17-37(18-23-46)45-33-44-9-3-5-11-53(44)57-35-45)47-24-19-38(20-25-47)54-30-29-52-51-10-4-6-12-55(51)60-56(52)58-54/h1-35H. The minimum atomic E-state index is 0.648. The average molecular weight is 766 g/mol. The van der Waals surface area contributed by atoms with Gasteiger partial charge in [0.25, 0.3) is 0 Å². The van der Waals surface area contributed by atoms with Gasteiger partial charge in [-0.25, -0.2) is 4.98 Å². The highest BCUT2D eigenvalue weighted by Crippen LogP contribution is 2.40. The molecule has 0 saturated carbocycles. The monoisotopic (exact) mass is 765 g/mol. The van der Waals surface area contributed by atoms with Gasteiger partial charge in [-0.05, 0) is 128 Å². The Morgan fingerprint density at radius 3 is 1.73 bits per heavy atom. The minimum Gasteiger partial charge on any atom is -0.438 e. The maximum atomic E-state index is 6.13. The summed E-state index contributed by atoms with van der Waals surface area (Å²) in [6, 6.07) is 73.6. The van der Waals surface area contributed by atoms with Crippen molar-refractivity contribution in [3.05, 3.63) is 212 Å². The molecule has 9 aromatic carbocycles. The van der Waals surface area contributed by atoms with Crippen LogP contribution in [0.2, 0.25) is 0 Å². The normalized spacial score (nSPS) is 11.7. The van der Waals surface area contributed by atoms with E-state index in [-0.39, 0.29) is 0 Å². The van der Waals surface area contributed by atoms with Crippen LogP contribution in [-0.2, 0) is 0 Å². The van der Waals surface area contributed by atoms with Gasteiger partial charge in [-0.1, -0.05) is 127 Å². The summed E-state index contributed by atoms with van der Waals surface area (Å²) in [5.41, 5.74) is 12.2. The highest BCUT2D eigenvalue weighted by molar-refractivity contribution is 6.10. The van der Waals surface area contributed by atoms with Crippen LogP contribution in [0.5, 0.6) is 0 Å². The van der Waals surface area contributed by atoms with Gasteiger partial charge in [-0.15, -0.1) is 0 Å². The van der Waals surface area contributed by atoms with Crippen molar-refractivity contribution in [1.82, 2.24) is 9.97 Å². The number of benzene rings is 9. The van der Waals surface area contributed by atoms with E-state index in [0.29, 0.717) is 5.71 Å². The number of nitrogens with zero attached hydrogens (tertiary/aromatic N) is 3. The second-order valence-electron chi connectivity index (χ2n) is 15.5. The van der Waals surface area contributed by atoms with Crippen LogP contribution in [0, 0.1) is 0 Å². The van der Waals surface area contributed by atoms with Crippen molar-refractivity contribution in [3.63, 3.8) is 0 Å². The van der Waals surface area contributed by atoms with Gasteiger partial charge in [0.15, 0.2) is 0 Å². The summed E-state index contributed by atoms with van der Waals surface area (Å²) >= 11 is 0. The molecule has 60 heavy (non-hydrogen) atoms. The summed E-state index contributed by atoms with van der Waals surface area (Å²) in [4.78, 5) is 12.0. The van der Waals surface area contributed by atoms with Crippen LogP contribution < -0.4 is 4.90 Å². The van der Waals surface area contributed by atoms with Crippen molar-refractivity contribution >= 4 is 82.4 Å². The van der Waals surface area contributed by atoms with E-state index in [1.54, 1.807) is 0 Å². The molecule has 12 aromatic rings. The number of rotatable bonds is 6. The summed E-state index contributed by atoms with van der Waals surface area (Å²) < 4.78 is 6.13. The first-order chi connectivity index (χ1) is 29.7. The topological polar surface area (TPSA) is 42.2 Å². The van der Waals surface area contributed by atoms with Crippen molar-refractivity contribution in [2.24, 2.45) is 0 Å². The minimum absolute atomic E-state index is 0.648. The molecule has 3 aromatic heterocycles. The fourth-order valence-corrected chi connectivity index (χ4v) is 8.77. The number of furan rings is 1. The van der Waals surface area contributed by atoms with Crippen LogP contribution in [0.1, 0.15) is 0 Å². The molecule has 0 bridgehead atoms. The third-order valence-electron chi connectivity index (χ3n) is 11.9. The maximum absolute atomic E-state index is 6.13. The number of para-hydroxylation sites is 2. The van der Waals surface area contributed by atoms with Crippen molar-refractivity contribution in [2.75, 3.05) is 4.90 Å². The van der Waals surface area contributed by atoms with Gasteiger partial charge in [0.2, 0.25) is 5.71 Å². The zero-order chi connectivity index (χ0) is 39.6. The number of pyridine rings is 2. The van der Waals surface area contributed by atoms with Crippen LogP contribution >= 0.6 is 0 Å². The molecule has 0 N–H and O–H groups in total. The molecule has 0 fully saturated rings. The molecule has 280 valence electrons. The Labute approximate surface area is 346 Å². The molecule has 12 rings (SSSR count). The Morgan fingerprint density at radius 1 is 0.350 bits per heavy atom. The predicted molar refractivity (Wildman–Crippen MR) is 250 cm³/mol. The zero-order valence-electron chi connectivity index (χ0n) is 32.5. The van der Waals surface area contributed by atoms with Crippen LogP contribution in [0.3, 0.4) is 0 Å². The van der Waals surface area contributed by atoms with E-state index in [9.17, 15) is 0 Å². The molecular weight excluding hydrogens is 731 g/mol. The molecule has 3 heterocycles. The van der Waals surface area contributed by atoms with Crippen LogP contribution in [0.25, 0.3) is 98.8 Å². The molecule has 0 amide bonds. The third kappa shape index (κ3) is 5.85. The van der Waals surface area contributed by atoms with E-state index < -0.39 is 0 Å². The molecular formula is C56H35N3O. The number of aromatic nitrogens is 2. The molecule has 0 atom stereocenters. The van der Waals surface area contributed by atoms with Gasteiger partial charge in [0, 0.05) is 50.5 Å². The molecule has 0 spiro atoms. The molecule has 4 heteroatoms. The molecule has 0 saturated heterocycles. The van der Waals surface area contributed by atoms with E-state index in [1.807, 2.05) is 30.5 Å². The Kier molecular flexibility index (Phi) is 7.82. The molecule has 0 aliphatic carbocycles. The summed E-state index contributed by atoms with van der Waals surface area (Å²) in [7, 11) is 0. The summed E-state index contributed by atoms with van der Waals surface area (Å²) in [6.07, 6.45) is 1.96. The number of anilines is 3. The van der Waals surface area contributed by atoms with Crippen LogP contribution in [-0.4, -0.2) is 9.97 Å². The largest absolute Gasteiger partial charge is 0.438 e. The fraction of sp³-hybridized carbons (Fsp3) is 0. The van der Waals surface area contributed by atoms with Gasteiger partial charge in [0.05, 0.1) is 11.2 Å². The van der Waals surface area contributed by atoms with E-state index in [1.165, 1.54) is 43.4 Å². The van der Waals surface area contributed by atoms with Gasteiger partial charge in [0.1, 0.15) is 5.58 Å². The second-order valence-corrected chi connectivity index (χ2v) is 15.5. The Balaban J connectivity index is 0.929. The number of hydrogen-bond acceptors (Lipinski definition) is 4. The first kappa shape index (κ1) is 34.0. The smallest absolute Gasteiger partial charge is 0.227 e. The Hall–Kier alpha value is -8.08. The lowest BCUT2D eigenvalue weighted by Gasteiger charge is -2.26. The molecule has 0 radical (unpaired) electrons. The first-order valence-corrected chi connectivity index (χ1v) is 20.3. The maximum Gasteiger partial charge on any atom is 0.227 e. The highest BCUT2D eigenvalue weighted by atomic mass is 16.3. The van der Waals surface area contributed by atoms with E-state index in [2.05, 4.69) is 187 Å². The Bertz CT molecular complexity index is 3610. The van der Waals surface area contributed by atoms with E-state index in [4.69, 9.17) is 14.4 Å². The van der Waals surface area contributed by atoms with Crippen LogP contribution in [0.15, 0.2) is 217 Å². The predicted octanol–water partition coefficient (Wildman–Crippen LogP) is 15.5. The quantitative estimate of drug-likeness (QED) is 0.158. The van der Waals surface area contributed by atoms with E-state index >= 15 is 0 Å². The number of fused-ring (bicyclic) bond motifs is 8. The highest BCUT2D eigenvalue weighted by Gasteiger charge is 2.16. The van der Waals surface area contributed by atoms with Crippen molar-refractivity contribution < 1.29 is 4.42 Å². The molecule has 0 aliphatic rings. The lowest BCUT2D eigenvalue weighted by molar-refractivity contribution is 0.654.